The number of hydrogen-bond acceptors (Lipinski definition) is 3. The van der Waals surface area contributed by atoms with Crippen LogP contribution in [0.2, 0.25) is 10.0 Å². The number of anilines is 2. The van der Waals surface area contributed by atoms with Crippen LogP contribution >= 0.6 is 23.2 Å². The van der Waals surface area contributed by atoms with Crippen molar-refractivity contribution in [2.24, 2.45) is 5.92 Å². The molecule has 2 N–H and O–H groups in total. The summed E-state index contributed by atoms with van der Waals surface area (Å²) in [4.78, 5) is 0.0160. The first-order chi connectivity index (χ1) is 16.6. The van der Waals surface area contributed by atoms with Crippen molar-refractivity contribution >= 4 is 44.6 Å². The van der Waals surface area contributed by atoms with E-state index in [1.165, 1.54) is 24.3 Å². The molecule has 2 aliphatic rings. The van der Waals surface area contributed by atoms with Gasteiger partial charge in [-0.15, -0.1) is 0 Å². The third-order valence-electron chi connectivity index (χ3n) is 6.44. The lowest BCUT2D eigenvalue weighted by Gasteiger charge is -2.38. The maximum absolute atomic E-state index is 13.7. The molecule has 1 heterocycles. The maximum atomic E-state index is 13.7. The van der Waals surface area contributed by atoms with Crippen molar-refractivity contribution in [2.75, 3.05) is 10.0 Å². The molecule has 10 heteroatoms. The molecule has 1 aliphatic heterocycles. The van der Waals surface area contributed by atoms with Crippen LogP contribution in [-0.4, -0.2) is 8.42 Å². The number of fused-ring (bicyclic) bond motifs is 3. The predicted octanol–water partition coefficient (Wildman–Crippen LogP) is 7.64. The van der Waals surface area contributed by atoms with Crippen LogP contribution in [0.25, 0.3) is 0 Å². The van der Waals surface area contributed by atoms with E-state index in [0.29, 0.717) is 17.7 Å². The fourth-order valence-electron chi connectivity index (χ4n) is 4.86. The topological polar surface area (TPSA) is 58.2 Å². The quantitative estimate of drug-likeness (QED) is 0.335. The van der Waals surface area contributed by atoms with Gasteiger partial charge in [-0.1, -0.05) is 59.6 Å². The number of rotatable bonds is 4. The summed E-state index contributed by atoms with van der Waals surface area (Å²) >= 11 is 12.1. The zero-order valence-corrected chi connectivity index (χ0v) is 20.3. The minimum absolute atomic E-state index is 0.0160. The molecule has 1 aliphatic carbocycles. The molecule has 0 spiro atoms. The van der Waals surface area contributed by atoms with Gasteiger partial charge in [0.15, 0.2) is 0 Å². The molecule has 0 aromatic heterocycles. The van der Waals surface area contributed by atoms with E-state index >= 15 is 0 Å². The minimum atomic E-state index is -4.48. The fourth-order valence-corrected chi connectivity index (χ4v) is 6.37. The van der Waals surface area contributed by atoms with E-state index in [4.69, 9.17) is 23.2 Å². The van der Waals surface area contributed by atoms with Crippen LogP contribution in [-0.2, 0) is 16.2 Å². The molecule has 0 amide bonds. The molecule has 182 valence electrons. The standard InChI is InChI=1S/C25H19Cl2F3N2O2S/c26-20-9-4-10-22(23(20)27)32-35(33,34)14-11-12-21-18(13-14)15-6-3-7-16(15)24(31-21)17-5-1-2-8-19(17)25(28,29)30/h1-6,8-13,15-16,24,31-32H,7H2/t15-,16+,24-/m0/s1. The van der Waals surface area contributed by atoms with Crippen LogP contribution in [0.3, 0.4) is 0 Å². The summed E-state index contributed by atoms with van der Waals surface area (Å²) < 4.78 is 69.9. The minimum Gasteiger partial charge on any atom is -0.378 e. The number of nitrogens with one attached hydrogen (secondary N) is 2. The Kier molecular flexibility index (Phi) is 6.02. The average molecular weight is 539 g/mol. The summed E-state index contributed by atoms with van der Waals surface area (Å²) in [5.74, 6) is -0.429. The molecular formula is C25H19Cl2F3N2O2S. The first kappa shape index (κ1) is 24.0. The van der Waals surface area contributed by atoms with Gasteiger partial charge in [-0.2, -0.15) is 13.2 Å². The van der Waals surface area contributed by atoms with Gasteiger partial charge in [-0.05, 0) is 59.9 Å². The first-order valence-electron chi connectivity index (χ1n) is 10.8. The Balaban J connectivity index is 1.52. The SMILES string of the molecule is O=S(=O)(Nc1cccc(Cl)c1Cl)c1ccc2c(c1)[C@H]1C=CC[C@H]1[C@@H](c1ccccc1C(F)(F)F)N2. The van der Waals surface area contributed by atoms with Crippen LogP contribution in [0.15, 0.2) is 77.7 Å². The van der Waals surface area contributed by atoms with Crippen molar-refractivity contribution in [3.63, 3.8) is 0 Å². The molecule has 3 atom stereocenters. The van der Waals surface area contributed by atoms with Crippen LogP contribution in [0.4, 0.5) is 24.5 Å². The van der Waals surface area contributed by atoms with Crippen LogP contribution < -0.4 is 10.0 Å². The molecule has 0 radical (unpaired) electrons. The first-order valence-corrected chi connectivity index (χ1v) is 13.0. The van der Waals surface area contributed by atoms with Gasteiger partial charge in [-0.25, -0.2) is 8.42 Å². The highest BCUT2D eigenvalue weighted by Crippen LogP contribution is 2.52. The number of alkyl halides is 3. The molecule has 0 bridgehead atoms. The van der Waals surface area contributed by atoms with Crippen LogP contribution in [0.5, 0.6) is 0 Å². The van der Waals surface area contributed by atoms with Crippen LogP contribution in [0.1, 0.15) is 35.1 Å². The third kappa shape index (κ3) is 4.39. The summed E-state index contributed by atoms with van der Waals surface area (Å²) in [7, 11) is -4.00. The predicted molar refractivity (Wildman–Crippen MR) is 132 cm³/mol. The highest BCUT2D eigenvalue weighted by molar-refractivity contribution is 7.92. The second kappa shape index (κ2) is 8.76. The average Bonchev–Trinajstić information content (AvgIpc) is 3.31. The molecule has 3 aromatic carbocycles. The summed E-state index contributed by atoms with van der Waals surface area (Å²) in [5.41, 5.74) is 0.966. The Morgan fingerprint density at radius 1 is 0.971 bits per heavy atom. The Bertz CT molecular complexity index is 1440. The molecule has 0 saturated heterocycles. The lowest BCUT2D eigenvalue weighted by Crippen LogP contribution is -2.31. The van der Waals surface area contributed by atoms with Gasteiger partial charge in [0.25, 0.3) is 10.0 Å². The fraction of sp³-hybridized carbons (Fsp3) is 0.200. The van der Waals surface area contributed by atoms with Gasteiger partial charge >= 0.3 is 6.18 Å². The van der Waals surface area contributed by atoms with Crippen molar-refractivity contribution in [1.82, 2.24) is 0 Å². The summed E-state index contributed by atoms with van der Waals surface area (Å²) in [6.07, 6.45) is -0.0434. The maximum Gasteiger partial charge on any atom is 0.416 e. The molecule has 0 saturated carbocycles. The molecule has 0 fully saturated rings. The molecule has 4 nitrogen and oxygen atoms in total. The lowest BCUT2D eigenvalue weighted by molar-refractivity contribution is -0.138. The normalized spacial score (nSPS) is 21.2. The Hall–Kier alpha value is -2.68. The molecule has 35 heavy (non-hydrogen) atoms. The van der Waals surface area contributed by atoms with E-state index in [9.17, 15) is 21.6 Å². The Morgan fingerprint density at radius 3 is 2.51 bits per heavy atom. The van der Waals surface area contributed by atoms with Gasteiger partial charge in [0, 0.05) is 11.6 Å². The van der Waals surface area contributed by atoms with E-state index in [-0.39, 0.29) is 38.0 Å². The zero-order valence-electron chi connectivity index (χ0n) is 18.0. The molecular weight excluding hydrogens is 520 g/mol. The summed E-state index contributed by atoms with van der Waals surface area (Å²) in [5, 5.41) is 3.55. The van der Waals surface area contributed by atoms with Crippen molar-refractivity contribution in [3.8, 4) is 0 Å². The second-order valence-electron chi connectivity index (χ2n) is 8.52. The summed E-state index contributed by atoms with van der Waals surface area (Å²) in [6, 6.07) is 14.2. The molecule has 0 unspecified atom stereocenters. The zero-order chi connectivity index (χ0) is 25.0. The number of halogens is 5. The smallest absolute Gasteiger partial charge is 0.378 e. The van der Waals surface area contributed by atoms with Gasteiger partial charge in [-0.3, -0.25) is 4.72 Å². The van der Waals surface area contributed by atoms with E-state index < -0.39 is 27.8 Å². The van der Waals surface area contributed by atoms with Gasteiger partial charge in [0.1, 0.15) is 0 Å². The largest absolute Gasteiger partial charge is 0.416 e. The van der Waals surface area contributed by atoms with Gasteiger partial charge < -0.3 is 5.32 Å². The number of allylic oxidation sites excluding steroid dienone is 2. The van der Waals surface area contributed by atoms with E-state index in [1.807, 2.05) is 12.2 Å². The van der Waals surface area contributed by atoms with E-state index in [0.717, 1.165) is 6.07 Å². The number of benzene rings is 3. The third-order valence-corrected chi connectivity index (χ3v) is 8.62. The monoisotopic (exact) mass is 538 g/mol. The lowest BCUT2D eigenvalue weighted by atomic mass is 9.76. The highest BCUT2D eigenvalue weighted by atomic mass is 35.5. The number of sulfonamides is 1. The number of hydrogen-bond donors (Lipinski definition) is 2. The summed E-state index contributed by atoms with van der Waals surface area (Å²) in [6.45, 7) is 0. The van der Waals surface area contributed by atoms with E-state index in [2.05, 4.69) is 10.0 Å². The molecule has 3 aromatic rings. The Morgan fingerprint density at radius 2 is 1.74 bits per heavy atom. The van der Waals surface area contributed by atoms with Crippen molar-refractivity contribution in [3.05, 3.63) is 99.6 Å². The van der Waals surface area contributed by atoms with Crippen LogP contribution in [0, 0.1) is 5.92 Å². The Labute approximate surface area is 210 Å². The van der Waals surface area contributed by atoms with E-state index in [1.54, 1.807) is 30.3 Å². The van der Waals surface area contributed by atoms with Crippen molar-refractivity contribution in [1.29, 1.82) is 0 Å². The van der Waals surface area contributed by atoms with Gasteiger partial charge in [0.05, 0.1) is 32.2 Å². The van der Waals surface area contributed by atoms with Crippen molar-refractivity contribution in [2.45, 2.75) is 29.5 Å². The molecule has 5 rings (SSSR count). The van der Waals surface area contributed by atoms with Gasteiger partial charge in [0.2, 0.25) is 0 Å². The highest BCUT2D eigenvalue weighted by Gasteiger charge is 2.42. The second-order valence-corrected chi connectivity index (χ2v) is 11.0. The van der Waals surface area contributed by atoms with Crippen molar-refractivity contribution < 1.29 is 21.6 Å².